The summed E-state index contributed by atoms with van der Waals surface area (Å²) < 4.78 is 8.02. The Labute approximate surface area is 142 Å². The molecule has 2 amide bonds. The monoisotopic (exact) mass is 328 g/mol. The first kappa shape index (κ1) is 16.4. The van der Waals surface area contributed by atoms with E-state index in [9.17, 15) is 4.79 Å². The molecule has 3 rings (SSSR count). The molecule has 2 N–H and O–H groups in total. The molecule has 1 aromatic heterocycles. The van der Waals surface area contributed by atoms with Gasteiger partial charge in [-0.1, -0.05) is 12.1 Å². The molecule has 0 radical (unpaired) electrons. The second kappa shape index (κ2) is 8.38. The van der Waals surface area contributed by atoms with E-state index >= 15 is 0 Å². The molecule has 0 saturated heterocycles. The lowest BCUT2D eigenvalue weighted by Gasteiger charge is -2.17. The van der Waals surface area contributed by atoms with Crippen molar-refractivity contribution in [3.05, 3.63) is 43.0 Å². The minimum atomic E-state index is -0.205. The predicted octanol–water partition coefficient (Wildman–Crippen LogP) is 3.42. The molecule has 0 spiro atoms. The number of nitrogens with one attached hydrogen (secondary N) is 2. The molecule has 6 heteroatoms. The fourth-order valence-corrected chi connectivity index (χ4v) is 2.91. The molecule has 2 aromatic rings. The molecule has 24 heavy (non-hydrogen) atoms. The highest BCUT2D eigenvalue weighted by atomic mass is 16.5. The number of rotatable bonds is 7. The van der Waals surface area contributed by atoms with Crippen LogP contribution in [0.25, 0.3) is 0 Å². The van der Waals surface area contributed by atoms with Crippen molar-refractivity contribution in [3.8, 4) is 5.75 Å². The molecule has 0 aliphatic heterocycles. The fourth-order valence-electron chi connectivity index (χ4n) is 2.91. The van der Waals surface area contributed by atoms with Gasteiger partial charge in [-0.3, -0.25) is 0 Å². The third-order valence-electron chi connectivity index (χ3n) is 4.17. The number of nitrogens with zero attached hydrogens (tertiary/aromatic N) is 2. The molecule has 1 aliphatic rings. The second-order valence-electron chi connectivity index (χ2n) is 6.06. The van der Waals surface area contributed by atoms with E-state index in [0.29, 0.717) is 6.54 Å². The minimum Gasteiger partial charge on any atom is -0.488 e. The van der Waals surface area contributed by atoms with Crippen LogP contribution < -0.4 is 15.4 Å². The van der Waals surface area contributed by atoms with Crippen molar-refractivity contribution >= 4 is 11.7 Å². The van der Waals surface area contributed by atoms with Crippen molar-refractivity contribution in [2.45, 2.75) is 44.8 Å². The molecule has 1 saturated carbocycles. The lowest BCUT2D eigenvalue weighted by atomic mass is 10.2. The summed E-state index contributed by atoms with van der Waals surface area (Å²) in [5.41, 5.74) is 0.719. The van der Waals surface area contributed by atoms with Gasteiger partial charge in [-0.15, -0.1) is 0 Å². The number of para-hydroxylation sites is 2. The maximum absolute atomic E-state index is 12.1. The normalized spacial score (nSPS) is 14.5. The summed E-state index contributed by atoms with van der Waals surface area (Å²) in [5, 5.41) is 5.76. The van der Waals surface area contributed by atoms with Crippen LogP contribution in [-0.4, -0.2) is 28.2 Å². The lowest BCUT2D eigenvalue weighted by Crippen LogP contribution is -2.30. The molecule has 0 unspecified atom stereocenters. The van der Waals surface area contributed by atoms with Crippen LogP contribution >= 0.6 is 0 Å². The van der Waals surface area contributed by atoms with Gasteiger partial charge in [0.25, 0.3) is 0 Å². The first-order valence-electron chi connectivity index (χ1n) is 8.57. The topological polar surface area (TPSA) is 68.2 Å². The minimum absolute atomic E-state index is 0.205. The molecule has 6 nitrogen and oxygen atoms in total. The molecule has 1 fully saturated rings. The molecule has 1 aromatic carbocycles. The van der Waals surface area contributed by atoms with Crippen molar-refractivity contribution in [2.75, 3.05) is 11.9 Å². The molecular weight excluding hydrogens is 304 g/mol. The van der Waals surface area contributed by atoms with Crippen LogP contribution in [0, 0.1) is 0 Å². The van der Waals surface area contributed by atoms with Gasteiger partial charge in [-0.2, -0.15) is 0 Å². The number of benzene rings is 1. The number of amides is 2. The van der Waals surface area contributed by atoms with Crippen LogP contribution in [-0.2, 0) is 6.54 Å². The van der Waals surface area contributed by atoms with E-state index < -0.39 is 0 Å². The molecule has 0 atom stereocenters. The zero-order valence-corrected chi connectivity index (χ0v) is 13.8. The highest BCUT2D eigenvalue weighted by Crippen LogP contribution is 2.29. The number of carbonyl (C=O) groups is 1. The van der Waals surface area contributed by atoms with E-state index in [1.165, 1.54) is 12.8 Å². The van der Waals surface area contributed by atoms with Crippen molar-refractivity contribution in [2.24, 2.45) is 0 Å². The summed E-state index contributed by atoms with van der Waals surface area (Å²) in [6.07, 6.45) is 11.2. The Morgan fingerprint density at radius 3 is 2.92 bits per heavy atom. The van der Waals surface area contributed by atoms with Gasteiger partial charge in [0.05, 0.1) is 18.1 Å². The quantitative estimate of drug-likeness (QED) is 0.765. The summed E-state index contributed by atoms with van der Waals surface area (Å²) in [6.45, 7) is 1.44. The second-order valence-corrected chi connectivity index (χ2v) is 6.06. The first-order valence-corrected chi connectivity index (χ1v) is 8.57. The Balaban J connectivity index is 1.45. The summed E-state index contributed by atoms with van der Waals surface area (Å²) in [6, 6.07) is 7.40. The zero-order valence-electron chi connectivity index (χ0n) is 13.8. The van der Waals surface area contributed by atoms with Gasteiger partial charge in [0.15, 0.2) is 0 Å². The van der Waals surface area contributed by atoms with Gasteiger partial charge >= 0.3 is 6.03 Å². The Morgan fingerprint density at radius 2 is 2.12 bits per heavy atom. The number of anilines is 1. The number of imidazole rings is 1. The summed E-state index contributed by atoms with van der Waals surface area (Å²) >= 11 is 0. The van der Waals surface area contributed by atoms with E-state index in [1.807, 2.05) is 35.0 Å². The number of ether oxygens (including phenoxy) is 1. The maximum atomic E-state index is 12.1. The highest BCUT2D eigenvalue weighted by Gasteiger charge is 2.18. The Bertz CT molecular complexity index is 636. The molecule has 128 valence electrons. The van der Waals surface area contributed by atoms with Crippen molar-refractivity contribution < 1.29 is 9.53 Å². The van der Waals surface area contributed by atoms with Gasteiger partial charge in [-0.25, -0.2) is 9.78 Å². The van der Waals surface area contributed by atoms with Crippen molar-refractivity contribution in [3.63, 3.8) is 0 Å². The van der Waals surface area contributed by atoms with E-state index in [2.05, 4.69) is 15.6 Å². The third kappa shape index (κ3) is 4.75. The molecule has 1 heterocycles. The van der Waals surface area contributed by atoms with Crippen molar-refractivity contribution in [1.29, 1.82) is 0 Å². The molecule has 1 aliphatic carbocycles. The first-order chi connectivity index (χ1) is 11.8. The number of hydrogen-bond donors (Lipinski definition) is 2. The van der Waals surface area contributed by atoms with Crippen molar-refractivity contribution in [1.82, 2.24) is 14.9 Å². The van der Waals surface area contributed by atoms with Crippen LogP contribution in [0.5, 0.6) is 5.75 Å². The standard InChI is InChI=1S/C18H24N4O2/c23-18(20-10-5-12-22-13-11-19-14-22)21-16-8-3-4-9-17(16)24-15-6-1-2-7-15/h3-4,8-9,11,13-15H,1-2,5-7,10,12H2,(H2,20,21,23). The number of carbonyl (C=O) groups excluding carboxylic acids is 1. The van der Waals surface area contributed by atoms with Gasteiger partial charge < -0.3 is 19.9 Å². The number of urea groups is 1. The Hall–Kier alpha value is -2.50. The summed E-state index contributed by atoms with van der Waals surface area (Å²) in [7, 11) is 0. The largest absolute Gasteiger partial charge is 0.488 e. The van der Waals surface area contributed by atoms with Gasteiger partial charge in [0.2, 0.25) is 0 Å². The van der Waals surface area contributed by atoms with Crippen LogP contribution in [0.2, 0.25) is 0 Å². The number of aromatic nitrogens is 2. The average Bonchev–Trinajstić information content (AvgIpc) is 3.27. The Morgan fingerprint density at radius 1 is 1.29 bits per heavy atom. The van der Waals surface area contributed by atoms with Crippen LogP contribution in [0.1, 0.15) is 32.1 Å². The van der Waals surface area contributed by atoms with E-state index in [1.54, 1.807) is 12.5 Å². The van der Waals surface area contributed by atoms with Crippen LogP contribution in [0.3, 0.4) is 0 Å². The average molecular weight is 328 g/mol. The SMILES string of the molecule is O=C(NCCCn1ccnc1)Nc1ccccc1OC1CCCC1. The zero-order chi connectivity index (χ0) is 16.6. The van der Waals surface area contributed by atoms with Crippen LogP contribution in [0.4, 0.5) is 10.5 Å². The van der Waals surface area contributed by atoms with E-state index in [0.717, 1.165) is 37.2 Å². The summed E-state index contributed by atoms with van der Waals surface area (Å²) in [5.74, 6) is 0.748. The van der Waals surface area contributed by atoms with Crippen LogP contribution in [0.15, 0.2) is 43.0 Å². The fraction of sp³-hybridized carbons (Fsp3) is 0.444. The number of aryl methyl sites for hydroxylation is 1. The Kier molecular flexibility index (Phi) is 5.71. The van der Waals surface area contributed by atoms with E-state index in [4.69, 9.17) is 4.74 Å². The van der Waals surface area contributed by atoms with Gasteiger partial charge in [0, 0.05) is 25.5 Å². The lowest BCUT2D eigenvalue weighted by molar-refractivity contribution is 0.211. The molecule has 0 bridgehead atoms. The van der Waals surface area contributed by atoms with Gasteiger partial charge in [0.1, 0.15) is 5.75 Å². The third-order valence-corrected chi connectivity index (χ3v) is 4.17. The maximum Gasteiger partial charge on any atom is 0.319 e. The van der Waals surface area contributed by atoms with E-state index in [-0.39, 0.29) is 12.1 Å². The molecular formula is C18H24N4O2. The predicted molar refractivity (Wildman–Crippen MR) is 93.2 cm³/mol. The highest BCUT2D eigenvalue weighted by molar-refractivity contribution is 5.90. The van der Waals surface area contributed by atoms with Gasteiger partial charge in [-0.05, 0) is 44.2 Å². The smallest absolute Gasteiger partial charge is 0.319 e. The number of hydrogen-bond acceptors (Lipinski definition) is 3. The summed E-state index contributed by atoms with van der Waals surface area (Å²) in [4.78, 5) is 16.1.